The summed E-state index contributed by atoms with van der Waals surface area (Å²) >= 11 is 6.99. The number of carbonyl (C=O) groups excluding carboxylic acids is 1. The van der Waals surface area contributed by atoms with E-state index in [1.54, 1.807) is 6.20 Å². The van der Waals surface area contributed by atoms with Crippen LogP contribution in [-0.4, -0.2) is 16.8 Å². The summed E-state index contributed by atoms with van der Waals surface area (Å²) in [7, 11) is 0. The molecule has 0 saturated heterocycles. The van der Waals surface area contributed by atoms with Crippen molar-refractivity contribution in [1.29, 1.82) is 0 Å². The molecule has 2 rings (SSSR count). The van der Waals surface area contributed by atoms with Crippen molar-refractivity contribution in [3.05, 3.63) is 40.9 Å². The lowest BCUT2D eigenvalue weighted by molar-refractivity contribution is -0.115. The number of hydrogen-bond acceptors (Lipinski definition) is 4. The van der Waals surface area contributed by atoms with Gasteiger partial charge in [0.25, 0.3) is 0 Å². The second kappa shape index (κ2) is 6.54. The van der Waals surface area contributed by atoms with E-state index < -0.39 is 0 Å². The lowest BCUT2D eigenvalue weighted by Gasteiger charge is -2.05. The van der Waals surface area contributed by atoms with Crippen LogP contribution in [0.1, 0.15) is 10.4 Å². The first-order valence-corrected chi connectivity index (χ1v) is 7.17. The number of nitrogens with two attached hydrogens (primary N) is 1. The van der Waals surface area contributed by atoms with E-state index >= 15 is 0 Å². The summed E-state index contributed by atoms with van der Waals surface area (Å²) in [5.41, 5.74) is 7.45. The Bertz CT molecular complexity index is 553. The molecule has 1 heterocycles. The summed E-state index contributed by atoms with van der Waals surface area (Å²) in [6.07, 6.45) is 2.75. The summed E-state index contributed by atoms with van der Waals surface area (Å²) in [4.78, 5) is 16.6. The van der Waals surface area contributed by atoms with Crippen LogP contribution in [-0.2, 0) is 17.6 Å². The minimum Gasteiger partial charge on any atom is -0.375 e. The molecule has 4 nitrogen and oxygen atoms in total. The largest absolute Gasteiger partial charge is 0.375 e. The number of hydrogen-bond donors (Lipinski definition) is 2. The molecule has 0 bridgehead atoms. The molecule has 0 aliphatic rings. The van der Waals surface area contributed by atoms with Gasteiger partial charge in [-0.3, -0.25) is 4.79 Å². The van der Waals surface area contributed by atoms with Gasteiger partial charge in [0.05, 0.1) is 6.42 Å². The molecule has 2 aromatic rings. The van der Waals surface area contributed by atoms with E-state index in [1.165, 1.54) is 11.3 Å². The molecule has 1 aromatic carbocycles. The fourth-order valence-electron chi connectivity index (χ4n) is 1.63. The van der Waals surface area contributed by atoms with E-state index in [4.69, 9.17) is 17.3 Å². The third kappa shape index (κ3) is 4.22. The van der Waals surface area contributed by atoms with Crippen molar-refractivity contribution < 1.29 is 4.79 Å². The number of nitrogens with one attached hydrogen (secondary N) is 1. The summed E-state index contributed by atoms with van der Waals surface area (Å²) in [5, 5.41) is 3.31. The molecule has 0 aliphatic carbocycles. The number of nitrogens with zero attached hydrogens (tertiary/aromatic N) is 1. The molecule has 0 aliphatic heterocycles. The van der Waals surface area contributed by atoms with Crippen molar-refractivity contribution in [1.82, 2.24) is 4.98 Å². The van der Waals surface area contributed by atoms with Gasteiger partial charge in [0.1, 0.15) is 0 Å². The molecule has 19 heavy (non-hydrogen) atoms. The summed E-state index contributed by atoms with van der Waals surface area (Å²) < 4.78 is 0. The van der Waals surface area contributed by atoms with Gasteiger partial charge in [0, 0.05) is 22.6 Å². The Morgan fingerprint density at radius 1 is 1.37 bits per heavy atom. The van der Waals surface area contributed by atoms with Gasteiger partial charge in [-0.2, -0.15) is 0 Å². The predicted molar refractivity (Wildman–Crippen MR) is 79.7 cm³/mol. The predicted octanol–water partition coefficient (Wildman–Crippen LogP) is 2.69. The van der Waals surface area contributed by atoms with E-state index in [-0.39, 0.29) is 12.3 Å². The van der Waals surface area contributed by atoms with Gasteiger partial charge in [-0.15, -0.1) is 22.9 Å². The SMILES string of the molecule is Nc1ncc(CC(=O)Nc2ccc(CCCl)cc2)s1. The molecular weight excluding hydrogens is 282 g/mol. The molecule has 0 spiro atoms. The highest BCUT2D eigenvalue weighted by Gasteiger charge is 2.06. The van der Waals surface area contributed by atoms with Gasteiger partial charge in [-0.25, -0.2) is 4.98 Å². The molecule has 0 atom stereocenters. The number of carbonyl (C=O) groups is 1. The zero-order valence-electron chi connectivity index (χ0n) is 10.2. The summed E-state index contributed by atoms with van der Waals surface area (Å²) in [5.74, 6) is 0.521. The van der Waals surface area contributed by atoms with Gasteiger partial charge >= 0.3 is 0 Å². The number of amides is 1. The van der Waals surface area contributed by atoms with Crippen molar-refractivity contribution >= 4 is 39.7 Å². The molecule has 3 N–H and O–H groups in total. The highest BCUT2D eigenvalue weighted by Crippen LogP contribution is 2.16. The second-order valence-corrected chi connectivity index (χ2v) is 5.55. The molecule has 1 aromatic heterocycles. The fraction of sp³-hybridized carbons (Fsp3) is 0.231. The van der Waals surface area contributed by atoms with E-state index in [9.17, 15) is 4.79 Å². The van der Waals surface area contributed by atoms with Crippen LogP contribution in [0, 0.1) is 0 Å². The molecule has 0 unspecified atom stereocenters. The van der Waals surface area contributed by atoms with Crippen molar-refractivity contribution in [3.63, 3.8) is 0 Å². The maximum Gasteiger partial charge on any atom is 0.229 e. The van der Waals surface area contributed by atoms with Gasteiger partial charge in [-0.1, -0.05) is 12.1 Å². The minimum absolute atomic E-state index is 0.0752. The standard InChI is InChI=1S/C13H14ClN3OS/c14-6-5-9-1-3-10(4-2-9)17-12(18)7-11-8-16-13(15)19-11/h1-4,8H,5-7H2,(H2,15,16)(H,17,18). The van der Waals surface area contributed by atoms with Crippen LogP contribution in [0.4, 0.5) is 10.8 Å². The quantitative estimate of drug-likeness (QED) is 0.833. The van der Waals surface area contributed by atoms with E-state index in [0.29, 0.717) is 11.0 Å². The van der Waals surface area contributed by atoms with E-state index in [1.807, 2.05) is 24.3 Å². The molecular formula is C13H14ClN3OS. The molecule has 0 fully saturated rings. The van der Waals surface area contributed by atoms with Crippen molar-refractivity contribution in [2.24, 2.45) is 0 Å². The molecule has 6 heteroatoms. The number of anilines is 2. The maximum atomic E-state index is 11.8. The average molecular weight is 296 g/mol. The Morgan fingerprint density at radius 3 is 2.68 bits per heavy atom. The average Bonchev–Trinajstić information content (AvgIpc) is 2.77. The number of halogens is 1. The first-order chi connectivity index (χ1) is 9.17. The second-order valence-electron chi connectivity index (χ2n) is 4.03. The number of rotatable bonds is 5. The number of thiazole rings is 1. The highest BCUT2D eigenvalue weighted by atomic mass is 35.5. The minimum atomic E-state index is -0.0752. The number of aromatic nitrogens is 1. The summed E-state index contributed by atoms with van der Waals surface area (Å²) in [6.45, 7) is 0. The van der Waals surface area contributed by atoms with Gasteiger partial charge in [-0.05, 0) is 24.1 Å². The summed E-state index contributed by atoms with van der Waals surface area (Å²) in [6, 6.07) is 7.67. The molecule has 0 saturated carbocycles. The first-order valence-electron chi connectivity index (χ1n) is 5.82. The van der Waals surface area contributed by atoms with Gasteiger partial charge in [0.15, 0.2) is 5.13 Å². The first kappa shape index (κ1) is 13.8. The van der Waals surface area contributed by atoms with Crippen LogP contribution in [0.2, 0.25) is 0 Å². The van der Waals surface area contributed by atoms with Crippen LogP contribution >= 0.6 is 22.9 Å². The third-order valence-corrected chi connectivity index (χ3v) is 3.54. The number of benzene rings is 1. The Hall–Kier alpha value is -1.59. The van der Waals surface area contributed by atoms with Crippen LogP contribution in [0.3, 0.4) is 0 Å². The van der Waals surface area contributed by atoms with E-state index in [0.717, 1.165) is 22.5 Å². The topological polar surface area (TPSA) is 68.0 Å². The van der Waals surface area contributed by atoms with Crippen molar-refractivity contribution in [3.8, 4) is 0 Å². The highest BCUT2D eigenvalue weighted by molar-refractivity contribution is 7.15. The van der Waals surface area contributed by atoms with E-state index in [2.05, 4.69) is 10.3 Å². The lowest BCUT2D eigenvalue weighted by atomic mass is 10.1. The van der Waals surface area contributed by atoms with Crippen molar-refractivity contribution in [2.75, 3.05) is 16.9 Å². The van der Waals surface area contributed by atoms with Crippen LogP contribution in [0.25, 0.3) is 0 Å². The number of aryl methyl sites for hydroxylation is 1. The van der Waals surface area contributed by atoms with Crippen LogP contribution < -0.4 is 11.1 Å². The Labute approximate surface area is 120 Å². The van der Waals surface area contributed by atoms with Crippen LogP contribution in [0.15, 0.2) is 30.5 Å². The fourth-order valence-corrected chi connectivity index (χ4v) is 2.53. The van der Waals surface area contributed by atoms with Crippen LogP contribution in [0.5, 0.6) is 0 Å². The Balaban J connectivity index is 1.91. The maximum absolute atomic E-state index is 11.8. The zero-order chi connectivity index (χ0) is 13.7. The smallest absolute Gasteiger partial charge is 0.229 e. The zero-order valence-corrected chi connectivity index (χ0v) is 11.8. The Kier molecular flexibility index (Phi) is 4.76. The lowest BCUT2D eigenvalue weighted by Crippen LogP contribution is -2.13. The number of nitrogen functional groups attached to an aromatic ring is 1. The van der Waals surface area contributed by atoms with Gasteiger partial charge in [0.2, 0.25) is 5.91 Å². The van der Waals surface area contributed by atoms with Crippen molar-refractivity contribution in [2.45, 2.75) is 12.8 Å². The third-order valence-electron chi connectivity index (χ3n) is 2.53. The Morgan fingerprint density at radius 2 is 2.11 bits per heavy atom. The number of alkyl halides is 1. The molecule has 100 valence electrons. The van der Waals surface area contributed by atoms with Gasteiger partial charge < -0.3 is 11.1 Å². The monoisotopic (exact) mass is 295 g/mol. The molecule has 1 amide bonds. The normalized spacial score (nSPS) is 10.4. The molecule has 0 radical (unpaired) electrons.